The first-order chi connectivity index (χ1) is 18.0. The molecule has 1 aliphatic rings. The molecule has 0 bridgehead atoms. The molecule has 2 heterocycles. The second-order valence-electron chi connectivity index (χ2n) is 9.16. The average Bonchev–Trinajstić information content (AvgIpc) is 3.67. The molecule has 0 radical (unpaired) electrons. The van der Waals surface area contributed by atoms with E-state index in [1.807, 2.05) is 19.1 Å². The number of tetrazole rings is 1. The third kappa shape index (κ3) is 5.58. The Bertz CT molecular complexity index is 1350. The monoisotopic (exact) mass is 502 g/mol. The smallest absolute Gasteiger partial charge is 0.251 e. The lowest BCUT2D eigenvalue weighted by atomic mass is 10.1. The van der Waals surface area contributed by atoms with Crippen molar-refractivity contribution in [3.63, 3.8) is 0 Å². The topological polar surface area (TPSA) is 106 Å². The maximum Gasteiger partial charge on any atom is 0.251 e. The molecule has 37 heavy (non-hydrogen) atoms. The van der Waals surface area contributed by atoms with Gasteiger partial charge >= 0.3 is 0 Å². The highest BCUT2D eigenvalue weighted by atomic mass is 19.1. The van der Waals surface area contributed by atoms with Gasteiger partial charge in [0.15, 0.2) is 6.04 Å². The lowest BCUT2D eigenvalue weighted by Crippen LogP contribution is -2.47. The minimum atomic E-state index is -1.02. The van der Waals surface area contributed by atoms with E-state index >= 15 is 0 Å². The number of furan rings is 1. The van der Waals surface area contributed by atoms with Crippen molar-refractivity contribution in [2.45, 2.75) is 51.2 Å². The Morgan fingerprint density at radius 1 is 1.11 bits per heavy atom. The van der Waals surface area contributed by atoms with Gasteiger partial charge in [0, 0.05) is 17.3 Å². The predicted octanol–water partition coefficient (Wildman–Crippen LogP) is 4.21. The van der Waals surface area contributed by atoms with Crippen LogP contribution in [0.5, 0.6) is 0 Å². The number of amides is 2. The number of aromatic nitrogens is 4. The minimum Gasteiger partial charge on any atom is -0.467 e. The summed E-state index contributed by atoms with van der Waals surface area (Å²) in [7, 11) is 0. The van der Waals surface area contributed by atoms with E-state index in [0.717, 1.165) is 36.0 Å². The van der Waals surface area contributed by atoms with Gasteiger partial charge in [-0.1, -0.05) is 30.5 Å². The Morgan fingerprint density at radius 3 is 2.51 bits per heavy atom. The van der Waals surface area contributed by atoms with Gasteiger partial charge in [-0.3, -0.25) is 14.5 Å². The molecule has 1 aliphatic carbocycles. The zero-order valence-electron chi connectivity index (χ0n) is 20.4. The van der Waals surface area contributed by atoms with Crippen LogP contribution in [0.1, 0.15) is 43.0 Å². The summed E-state index contributed by atoms with van der Waals surface area (Å²) in [6.07, 6.45) is 5.42. The number of hydrogen-bond donors (Lipinski definition) is 1. The molecular formula is C27H27FN6O3. The van der Waals surface area contributed by atoms with Crippen LogP contribution in [0.4, 0.5) is 10.1 Å². The number of rotatable bonds is 8. The van der Waals surface area contributed by atoms with E-state index in [2.05, 4.69) is 20.7 Å². The van der Waals surface area contributed by atoms with Crippen LogP contribution in [0.3, 0.4) is 0 Å². The van der Waals surface area contributed by atoms with Crippen LogP contribution in [0, 0.1) is 12.7 Å². The van der Waals surface area contributed by atoms with E-state index in [1.54, 1.807) is 24.3 Å². The normalized spacial score (nSPS) is 14.4. The van der Waals surface area contributed by atoms with Gasteiger partial charge in [-0.2, -0.15) is 4.80 Å². The molecule has 9 nitrogen and oxygen atoms in total. The fourth-order valence-corrected chi connectivity index (χ4v) is 4.54. The molecule has 1 saturated carbocycles. The zero-order chi connectivity index (χ0) is 25.8. The number of anilines is 1. The van der Waals surface area contributed by atoms with Gasteiger partial charge in [-0.15, -0.1) is 10.2 Å². The van der Waals surface area contributed by atoms with Crippen LogP contribution in [0.25, 0.3) is 11.4 Å². The Morgan fingerprint density at radius 2 is 1.84 bits per heavy atom. The molecule has 190 valence electrons. The number of halogens is 1. The van der Waals surface area contributed by atoms with Gasteiger partial charge in [-0.05, 0) is 73.5 Å². The fourth-order valence-electron chi connectivity index (χ4n) is 4.54. The fraction of sp³-hybridized carbons (Fsp3) is 0.296. The molecule has 2 amide bonds. The standard InChI is InChI=1S/C27H27FN6O3/c1-18-8-14-22(15-9-18)34(25(23-7-4-16-37-23)27(36)29-21-5-2-3-6-21)24(35)17-33-31-26(30-32-33)19-10-12-20(28)13-11-19/h4,7-16,21,25H,2-3,5-6,17H2,1H3,(H,29,36)/t25-/m1/s1. The molecule has 0 saturated heterocycles. The van der Waals surface area contributed by atoms with Crippen molar-refractivity contribution in [1.82, 2.24) is 25.5 Å². The number of carbonyl (C=O) groups excluding carboxylic acids is 2. The number of carbonyl (C=O) groups is 2. The van der Waals surface area contributed by atoms with E-state index in [0.29, 0.717) is 17.0 Å². The van der Waals surface area contributed by atoms with Crippen LogP contribution in [-0.4, -0.2) is 38.1 Å². The highest BCUT2D eigenvalue weighted by Crippen LogP contribution is 2.30. The summed E-state index contributed by atoms with van der Waals surface area (Å²) in [5, 5.41) is 15.4. The first kappa shape index (κ1) is 24.4. The summed E-state index contributed by atoms with van der Waals surface area (Å²) < 4.78 is 18.9. The van der Waals surface area contributed by atoms with E-state index in [4.69, 9.17) is 4.42 Å². The molecule has 2 aromatic carbocycles. The maximum atomic E-state index is 13.8. The van der Waals surface area contributed by atoms with Crippen LogP contribution in [-0.2, 0) is 16.1 Å². The first-order valence-electron chi connectivity index (χ1n) is 12.2. The summed E-state index contributed by atoms with van der Waals surface area (Å²) in [5.74, 6) is -0.497. The highest BCUT2D eigenvalue weighted by Gasteiger charge is 2.36. The third-order valence-corrected chi connectivity index (χ3v) is 6.43. The molecule has 1 atom stereocenters. The van der Waals surface area contributed by atoms with Gasteiger partial charge in [0.25, 0.3) is 11.8 Å². The summed E-state index contributed by atoms with van der Waals surface area (Å²) in [6, 6.07) is 15.5. The highest BCUT2D eigenvalue weighted by molar-refractivity contribution is 6.01. The van der Waals surface area contributed by atoms with Crippen LogP contribution in [0.2, 0.25) is 0 Å². The number of nitrogens with one attached hydrogen (secondary N) is 1. The van der Waals surface area contributed by atoms with E-state index < -0.39 is 11.9 Å². The third-order valence-electron chi connectivity index (χ3n) is 6.43. The van der Waals surface area contributed by atoms with E-state index in [-0.39, 0.29) is 30.1 Å². The molecular weight excluding hydrogens is 475 g/mol. The SMILES string of the molecule is Cc1ccc(N(C(=O)Cn2nnc(-c3ccc(F)cc3)n2)[C@@H](C(=O)NC2CCCC2)c2ccco2)cc1. The lowest BCUT2D eigenvalue weighted by Gasteiger charge is -2.30. The zero-order valence-corrected chi connectivity index (χ0v) is 20.4. The van der Waals surface area contributed by atoms with Crippen molar-refractivity contribution in [2.24, 2.45) is 0 Å². The first-order valence-corrected chi connectivity index (χ1v) is 12.2. The Hall–Kier alpha value is -4.34. The van der Waals surface area contributed by atoms with E-state index in [1.165, 1.54) is 35.4 Å². The molecule has 0 aliphatic heterocycles. The van der Waals surface area contributed by atoms with Gasteiger partial charge in [0.05, 0.1) is 6.26 Å². The van der Waals surface area contributed by atoms with Crippen molar-refractivity contribution >= 4 is 17.5 Å². The van der Waals surface area contributed by atoms with Crippen molar-refractivity contribution < 1.29 is 18.4 Å². The lowest BCUT2D eigenvalue weighted by molar-refractivity contribution is -0.128. The molecule has 2 aromatic heterocycles. The summed E-state index contributed by atoms with van der Waals surface area (Å²) >= 11 is 0. The van der Waals surface area contributed by atoms with E-state index in [9.17, 15) is 14.0 Å². The minimum absolute atomic E-state index is 0.0650. The van der Waals surface area contributed by atoms with Crippen LogP contribution in [0.15, 0.2) is 71.3 Å². The summed E-state index contributed by atoms with van der Waals surface area (Å²) in [4.78, 5) is 30.0. The second-order valence-corrected chi connectivity index (χ2v) is 9.16. The maximum absolute atomic E-state index is 13.8. The number of nitrogens with zero attached hydrogens (tertiary/aromatic N) is 5. The van der Waals surface area contributed by atoms with Gasteiger partial charge in [0.1, 0.15) is 18.1 Å². The molecule has 0 unspecified atom stereocenters. The number of aryl methyl sites for hydroxylation is 1. The van der Waals surface area contributed by atoms with Crippen LogP contribution >= 0.6 is 0 Å². The number of benzene rings is 2. The second kappa shape index (κ2) is 10.7. The Labute approximate surface area is 213 Å². The largest absolute Gasteiger partial charge is 0.467 e. The van der Waals surface area contributed by atoms with Crippen molar-refractivity contribution in [3.05, 3.63) is 84.1 Å². The number of hydrogen-bond acceptors (Lipinski definition) is 6. The predicted molar refractivity (Wildman–Crippen MR) is 134 cm³/mol. The molecule has 1 fully saturated rings. The summed E-state index contributed by atoms with van der Waals surface area (Å²) in [5.41, 5.74) is 2.13. The molecule has 1 N–H and O–H groups in total. The van der Waals surface area contributed by atoms with Crippen molar-refractivity contribution in [3.8, 4) is 11.4 Å². The van der Waals surface area contributed by atoms with Gasteiger partial charge < -0.3 is 9.73 Å². The van der Waals surface area contributed by atoms with Crippen molar-refractivity contribution in [1.29, 1.82) is 0 Å². The molecule has 10 heteroatoms. The van der Waals surface area contributed by atoms with Crippen LogP contribution < -0.4 is 10.2 Å². The molecule has 4 aromatic rings. The molecule has 5 rings (SSSR count). The Kier molecular flexibility index (Phi) is 7.07. The van der Waals surface area contributed by atoms with Gasteiger partial charge in [-0.25, -0.2) is 4.39 Å². The van der Waals surface area contributed by atoms with Gasteiger partial charge in [0.2, 0.25) is 5.82 Å². The molecule has 0 spiro atoms. The van der Waals surface area contributed by atoms with Crippen molar-refractivity contribution in [2.75, 3.05) is 4.90 Å². The Balaban J connectivity index is 1.46. The summed E-state index contributed by atoms with van der Waals surface area (Å²) in [6.45, 7) is 1.68. The average molecular weight is 503 g/mol. The quantitative estimate of drug-likeness (QED) is 0.387.